The number of carbonyl (C=O) groups excluding carboxylic acids is 1. The van der Waals surface area contributed by atoms with Gasteiger partial charge in [0, 0.05) is 48.2 Å². The molecule has 1 aliphatic heterocycles. The smallest absolute Gasteiger partial charge is 0.366 e. The van der Waals surface area contributed by atoms with Gasteiger partial charge in [0.05, 0.1) is 17.0 Å². The highest BCUT2D eigenvalue weighted by Crippen LogP contribution is 2.31. The molecule has 0 radical (unpaired) electrons. The van der Waals surface area contributed by atoms with Gasteiger partial charge in [-0.05, 0) is 42.8 Å². The van der Waals surface area contributed by atoms with Gasteiger partial charge in [0.25, 0.3) is 5.91 Å². The largest absolute Gasteiger partial charge is 0.416 e. The van der Waals surface area contributed by atoms with Gasteiger partial charge in [0.1, 0.15) is 5.82 Å². The lowest BCUT2D eigenvalue weighted by molar-refractivity contribution is -0.137. The van der Waals surface area contributed by atoms with Crippen LogP contribution in [0.1, 0.15) is 38.6 Å². The zero-order valence-electron chi connectivity index (χ0n) is 17.3. The molecule has 0 saturated heterocycles. The standard InChI is InChI=1S/C23H21F3N4OS/c1-14-5-6-15(22(31)28-18-4-2-3-17(10-18)23(24,25)26)9-20(14)30-8-7-19-16(12-30)11-27-21(13-32)29-19/h2-6,9-11,32H,7-8,12-13H2,1H3,(H,28,31). The molecule has 2 aromatic carbocycles. The fourth-order valence-corrected chi connectivity index (χ4v) is 3.86. The Kier molecular flexibility index (Phi) is 6.10. The van der Waals surface area contributed by atoms with E-state index in [4.69, 9.17) is 0 Å². The third-order valence-electron chi connectivity index (χ3n) is 5.39. The first-order chi connectivity index (χ1) is 15.2. The van der Waals surface area contributed by atoms with Gasteiger partial charge in [-0.3, -0.25) is 4.79 Å². The van der Waals surface area contributed by atoms with E-state index in [1.54, 1.807) is 12.1 Å². The Labute approximate surface area is 189 Å². The fraction of sp³-hybridized carbons (Fsp3) is 0.261. The van der Waals surface area contributed by atoms with Crippen LogP contribution in [-0.4, -0.2) is 22.4 Å². The molecule has 1 N–H and O–H groups in total. The predicted octanol–water partition coefficient (Wildman–Crippen LogP) is 5.05. The summed E-state index contributed by atoms with van der Waals surface area (Å²) in [6, 6.07) is 9.87. The Hall–Kier alpha value is -3.07. The zero-order valence-corrected chi connectivity index (χ0v) is 18.2. The Bertz CT molecular complexity index is 1170. The number of alkyl halides is 3. The number of carbonyl (C=O) groups is 1. The topological polar surface area (TPSA) is 58.1 Å². The van der Waals surface area contributed by atoms with Gasteiger partial charge < -0.3 is 10.2 Å². The van der Waals surface area contributed by atoms with Crippen LogP contribution < -0.4 is 10.2 Å². The summed E-state index contributed by atoms with van der Waals surface area (Å²) >= 11 is 4.22. The maximum Gasteiger partial charge on any atom is 0.416 e. The number of aromatic nitrogens is 2. The van der Waals surface area contributed by atoms with Gasteiger partial charge in [-0.25, -0.2) is 9.97 Å². The van der Waals surface area contributed by atoms with Crippen molar-refractivity contribution in [2.75, 3.05) is 16.8 Å². The van der Waals surface area contributed by atoms with Crippen LogP contribution in [0.4, 0.5) is 24.5 Å². The molecular weight excluding hydrogens is 437 g/mol. The minimum atomic E-state index is -4.47. The Morgan fingerprint density at radius 2 is 2.03 bits per heavy atom. The maximum absolute atomic E-state index is 12.9. The molecule has 1 amide bonds. The van der Waals surface area contributed by atoms with Crippen molar-refractivity contribution >= 4 is 29.9 Å². The van der Waals surface area contributed by atoms with Crippen LogP contribution in [0.3, 0.4) is 0 Å². The summed E-state index contributed by atoms with van der Waals surface area (Å²) in [7, 11) is 0. The average molecular weight is 459 g/mol. The number of anilines is 2. The van der Waals surface area contributed by atoms with Crippen molar-refractivity contribution in [3.63, 3.8) is 0 Å². The number of amides is 1. The van der Waals surface area contributed by atoms with Crippen molar-refractivity contribution in [3.05, 3.63) is 82.4 Å². The van der Waals surface area contributed by atoms with Crippen LogP contribution in [0.15, 0.2) is 48.7 Å². The Morgan fingerprint density at radius 1 is 1.22 bits per heavy atom. The summed E-state index contributed by atoms with van der Waals surface area (Å²) in [5.74, 6) is 0.716. The van der Waals surface area contributed by atoms with Crippen LogP contribution in [0.5, 0.6) is 0 Å². The molecule has 1 aromatic heterocycles. The SMILES string of the molecule is Cc1ccc(C(=O)Nc2cccc(C(F)(F)F)c2)cc1N1CCc2nc(CS)ncc2C1. The number of thiol groups is 1. The van der Waals surface area contributed by atoms with E-state index in [0.717, 1.165) is 47.6 Å². The first-order valence-electron chi connectivity index (χ1n) is 10.0. The Balaban J connectivity index is 1.54. The molecule has 166 valence electrons. The number of hydrogen-bond acceptors (Lipinski definition) is 5. The summed E-state index contributed by atoms with van der Waals surface area (Å²) < 4.78 is 38.8. The molecule has 32 heavy (non-hydrogen) atoms. The molecule has 0 saturated carbocycles. The molecule has 3 aromatic rings. The monoisotopic (exact) mass is 458 g/mol. The maximum atomic E-state index is 12.9. The summed E-state index contributed by atoms with van der Waals surface area (Å²) in [5.41, 5.74) is 3.58. The second kappa shape index (κ2) is 8.82. The molecule has 4 rings (SSSR count). The lowest BCUT2D eigenvalue weighted by atomic mass is 10.0. The molecule has 0 atom stereocenters. The number of nitrogens with one attached hydrogen (secondary N) is 1. The van der Waals surface area contributed by atoms with Crippen LogP contribution in [0.2, 0.25) is 0 Å². The molecular formula is C23H21F3N4OS. The van der Waals surface area contributed by atoms with Crippen molar-refractivity contribution in [3.8, 4) is 0 Å². The van der Waals surface area contributed by atoms with Crippen LogP contribution >= 0.6 is 12.6 Å². The molecule has 0 unspecified atom stereocenters. The summed E-state index contributed by atoms with van der Waals surface area (Å²) in [5, 5.41) is 2.56. The molecule has 5 nitrogen and oxygen atoms in total. The first-order valence-corrected chi connectivity index (χ1v) is 10.7. The van der Waals surface area contributed by atoms with Crippen molar-refractivity contribution < 1.29 is 18.0 Å². The van der Waals surface area contributed by atoms with E-state index in [2.05, 4.69) is 32.8 Å². The summed E-state index contributed by atoms with van der Waals surface area (Å²) in [6.45, 7) is 3.30. The summed E-state index contributed by atoms with van der Waals surface area (Å²) in [4.78, 5) is 23.8. The molecule has 0 spiro atoms. The van der Waals surface area contributed by atoms with Crippen molar-refractivity contribution in [2.24, 2.45) is 0 Å². The van der Waals surface area contributed by atoms with Crippen molar-refractivity contribution in [1.29, 1.82) is 0 Å². The molecule has 9 heteroatoms. The van der Waals surface area contributed by atoms with E-state index in [-0.39, 0.29) is 5.69 Å². The molecule has 1 aliphatic rings. The third-order valence-corrected chi connectivity index (χ3v) is 5.67. The molecule has 0 bridgehead atoms. The zero-order chi connectivity index (χ0) is 22.9. The highest BCUT2D eigenvalue weighted by molar-refractivity contribution is 7.79. The number of hydrogen-bond donors (Lipinski definition) is 2. The predicted molar refractivity (Wildman–Crippen MR) is 120 cm³/mol. The minimum Gasteiger partial charge on any atom is -0.366 e. The van der Waals surface area contributed by atoms with Gasteiger partial charge in [0.15, 0.2) is 0 Å². The van der Waals surface area contributed by atoms with Gasteiger partial charge >= 0.3 is 6.18 Å². The van der Waals surface area contributed by atoms with E-state index >= 15 is 0 Å². The lowest BCUT2D eigenvalue weighted by Gasteiger charge is -2.31. The van der Waals surface area contributed by atoms with Gasteiger partial charge in [-0.2, -0.15) is 25.8 Å². The molecule has 2 heterocycles. The molecule has 0 fully saturated rings. The highest BCUT2D eigenvalue weighted by atomic mass is 32.1. The minimum absolute atomic E-state index is 0.0935. The summed E-state index contributed by atoms with van der Waals surface area (Å²) in [6.07, 6.45) is -1.90. The van der Waals surface area contributed by atoms with Crippen LogP contribution in [0, 0.1) is 6.92 Å². The van der Waals surface area contributed by atoms with Crippen LogP contribution in [-0.2, 0) is 24.9 Å². The van der Waals surface area contributed by atoms with E-state index < -0.39 is 17.6 Å². The number of aryl methyl sites for hydroxylation is 1. The number of nitrogens with zero attached hydrogens (tertiary/aromatic N) is 3. The third kappa shape index (κ3) is 4.72. The fourth-order valence-electron chi connectivity index (χ4n) is 3.71. The van der Waals surface area contributed by atoms with E-state index in [9.17, 15) is 18.0 Å². The first kappa shape index (κ1) is 22.1. The van der Waals surface area contributed by atoms with Gasteiger partial charge in [0.2, 0.25) is 0 Å². The highest BCUT2D eigenvalue weighted by Gasteiger charge is 2.30. The number of benzene rings is 2. The van der Waals surface area contributed by atoms with Gasteiger partial charge in [-0.15, -0.1) is 0 Å². The van der Waals surface area contributed by atoms with Gasteiger partial charge in [-0.1, -0.05) is 12.1 Å². The average Bonchev–Trinajstić information content (AvgIpc) is 2.78. The Morgan fingerprint density at radius 3 is 2.78 bits per heavy atom. The normalized spacial score (nSPS) is 13.6. The number of halogens is 3. The number of fused-ring (bicyclic) bond motifs is 1. The quantitative estimate of drug-likeness (QED) is 0.538. The molecule has 0 aliphatic carbocycles. The number of rotatable bonds is 4. The second-order valence-corrected chi connectivity index (χ2v) is 7.94. The van der Waals surface area contributed by atoms with E-state index in [0.29, 0.717) is 23.7 Å². The van der Waals surface area contributed by atoms with E-state index in [1.807, 2.05) is 19.2 Å². The van der Waals surface area contributed by atoms with Crippen molar-refractivity contribution in [1.82, 2.24) is 9.97 Å². The lowest BCUT2D eigenvalue weighted by Crippen LogP contribution is -2.32. The second-order valence-electron chi connectivity index (χ2n) is 7.62. The van der Waals surface area contributed by atoms with Crippen LogP contribution in [0.25, 0.3) is 0 Å². The van der Waals surface area contributed by atoms with E-state index in [1.165, 1.54) is 12.1 Å². The van der Waals surface area contributed by atoms with Crippen molar-refractivity contribution in [2.45, 2.75) is 31.8 Å².